The Bertz CT molecular complexity index is 510. The van der Waals surface area contributed by atoms with Gasteiger partial charge in [-0.3, -0.25) is 0 Å². The van der Waals surface area contributed by atoms with Crippen molar-refractivity contribution >= 4 is 17.4 Å². The van der Waals surface area contributed by atoms with Crippen molar-refractivity contribution in [3.63, 3.8) is 0 Å². The Balaban J connectivity index is 2.15. The zero-order valence-electron chi connectivity index (χ0n) is 10.6. The van der Waals surface area contributed by atoms with Crippen molar-refractivity contribution in [1.82, 2.24) is 0 Å². The normalized spacial score (nSPS) is 12.1. The molecule has 0 aliphatic heterocycles. The first-order valence-corrected chi connectivity index (χ1v) is 6.74. The van der Waals surface area contributed by atoms with Gasteiger partial charge in [0.25, 0.3) is 0 Å². The van der Waals surface area contributed by atoms with Crippen LogP contribution in [0.25, 0.3) is 0 Å². The number of benzene rings is 2. The van der Waals surface area contributed by atoms with E-state index in [2.05, 4.69) is 25.1 Å². The van der Waals surface area contributed by atoms with E-state index in [0.29, 0.717) is 5.25 Å². The van der Waals surface area contributed by atoms with Gasteiger partial charge in [0.05, 0.1) is 7.11 Å². The Hall–Kier alpha value is -1.61. The van der Waals surface area contributed by atoms with E-state index in [1.807, 2.05) is 30.3 Å². The Labute approximate surface area is 112 Å². The number of nitrogen functional groups attached to an aromatic ring is 1. The number of anilines is 1. The number of hydrogen-bond donors (Lipinski definition) is 1. The number of methoxy groups -OCH3 is 1. The van der Waals surface area contributed by atoms with Crippen molar-refractivity contribution in [2.45, 2.75) is 17.1 Å². The van der Waals surface area contributed by atoms with Crippen LogP contribution in [0.1, 0.15) is 17.7 Å². The van der Waals surface area contributed by atoms with Gasteiger partial charge < -0.3 is 10.5 Å². The Morgan fingerprint density at radius 3 is 2.39 bits per heavy atom. The fraction of sp³-hybridized carbons (Fsp3) is 0.200. The summed E-state index contributed by atoms with van der Waals surface area (Å²) in [4.78, 5) is 1.16. The molecule has 94 valence electrons. The predicted octanol–water partition coefficient (Wildman–Crippen LogP) is 4.13. The Morgan fingerprint density at radius 2 is 1.72 bits per heavy atom. The molecule has 0 heterocycles. The van der Waals surface area contributed by atoms with Gasteiger partial charge in [-0.1, -0.05) is 24.3 Å². The molecule has 0 aliphatic rings. The summed E-state index contributed by atoms with van der Waals surface area (Å²) in [5.74, 6) is 0.921. The second kappa shape index (κ2) is 5.83. The lowest BCUT2D eigenvalue weighted by Gasteiger charge is -2.14. The zero-order chi connectivity index (χ0) is 13.0. The summed E-state index contributed by atoms with van der Waals surface area (Å²) in [7, 11) is 1.70. The fourth-order valence-corrected chi connectivity index (χ4v) is 2.84. The van der Waals surface area contributed by atoms with E-state index in [1.54, 1.807) is 18.9 Å². The topological polar surface area (TPSA) is 35.2 Å². The standard InChI is InChI=1S/C15H17NOS/c1-11(12-7-9-13(16)10-8-12)18-15-6-4-3-5-14(15)17-2/h3-11H,16H2,1-2H3. The molecular weight excluding hydrogens is 242 g/mol. The van der Waals surface area contributed by atoms with Crippen molar-refractivity contribution in [2.24, 2.45) is 0 Å². The van der Waals surface area contributed by atoms with Crippen LogP contribution >= 0.6 is 11.8 Å². The van der Waals surface area contributed by atoms with Gasteiger partial charge in [0.2, 0.25) is 0 Å². The maximum Gasteiger partial charge on any atom is 0.132 e. The van der Waals surface area contributed by atoms with E-state index < -0.39 is 0 Å². The summed E-state index contributed by atoms with van der Waals surface area (Å²) in [5.41, 5.74) is 7.76. The number of thioether (sulfide) groups is 1. The maximum absolute atomic E-state index is 5.70. The molecule has 18 heavy (non-hydrogen) atoms. The van der Waals surface area contributed by atoms with Gasteiger partial charge in [0.1, 0.15) is 5.75 Å². The van der Waals surface area contributed by atoms with Crippen LogP contribution in [0.5, 0.6) is 5.75 Å². The van der Waals surface area contributed by atoms with Gasteiger partial charge in [-0.05, 0) is 36.8 Å². The molecular formula is C15H17NOS. The van der Waals surface area contributed by atoms with Crippen LogP contribution in [0.2, 0.25) is 0 Å². The third-order valence-electron chi connectivity index (χ3n) is 2.78. The highest BCUT2D eigenvalue weighted by Gasteiger charge is 2.10. The number of para-hydroxylation sites is 1. The first-order valence-electron chi connectivity index (χ1n) is 5.86. The van der Waals surface area contributed by atoms with Crippen LogP contribution in [0.3, 0.4) is 0 Å². The Morgan fingerprint density at radius 1 is 1.06 bits per heavy atom. The SMILES string of the molecule is COc1ccccc1SC(C)c1ccc(N)cc1. The number of hydrogen-bond acceptors (Lipinski definition) is 3. The Kier molecular flexibility index (Phi) is 4.15. The molecule has 2 N–H and O–H groups in total. The molecule has 2 aromatic rings. The molecule has 3 heteroatoms. The molecule has 0 fully saturated rings. The van der Waals surface area contributed by atoms with Gasteiger partial charge >= 0.3 is 0 Å². The van der Waals surface area contributed by atoms with Crippen LogP contribution in [0.15, 0.2) is 53.4 Å². The summed E-state index contributed by atoms with van der Waals surface area (Å²) in [5, 5.41) is 0.363. The number of rotatable bonds is 4. The lowest BCUT2D eigenvalue weighted by atomic mass is 10.1. The monoisotopic (exact) mass is 259 g/mol. The lowest BCUT2D eigenvalue weighted by Crippen LogP contribution is -1.92. The first kappa shape index (κ1) is 12.8. The molecule has 0 aliphatic carbocycles. The number of ether oxygens (including phenoxy) is 1. The summed E-state index contributed by atoms with van der Waals surface area (Å²) in [6.45, 7) is 2.18. The van der Waals surface area contributed by atoms with Crippen molar-refractivity contribution in [2.75, 3.05) is 12.8 Å². The molecule has 1 unspecified atom stereocenters. The molecule has 2 rings (SSSR count). The minimum atomic E-state index is 0.363. The molecule has 0 radical (unpaired) electrons. The highest BCUT2D eigenvalue weighted by molar-refractivity contribution is 7.99. The third-order valence-corrected chi connectivity index (χ3v) is 4.00. The quantitative estimate of drug-likeness (QED) is 0.662. The van der Waals surface area contributed by atoms with Crippen molar-refractivity contribution < 1.29 is 4.74 Å². The zero-order valence-corrected chi connectivity index (χ0v) is 11.4. The van der Waals surface area contributed by atoms with Gasteiger partial charge in [-0.25, -0.2) is 0 Å². The van der Waals surface area contributed by atoms with Crippen LogP contribution in [-0.2, 0) is 0 Å². The lowest BCUT2D eigenvalue weighted by molar-refractivity contribution is 0.405. The van der Waals surface area contributed by atoms with Crippen LogP contribution in [0, 0.1) is 0 Å². The van der Waals surface area contributed by atoms with E-state index >= 15 is 0 Å². The van der Waals surface area contributed by atoms with Crippen LogP contribution in [-0.4, -0.2) is 7.11 Å². The second-order valence-electron chi connectivity index (χ2n) is 4.08. The van der Waals surface area contributed by atoms with Crippen molar-refractivity contribution in [1.29, 1.82) is 0 Å². The smallest absolute Gasteiger partial charge is 0.132 e. The van der Waals surface area contributed by atoms with Crippen molar-refractivity contribution in [3.05, 3.63) is 54.1 Å². The fourth-order valence-electron chi connectivity index (χ4n) is 1.74. The molecule has 0 spiro atoms. The summed E-state index contributed by atoms with van der Waals surface area (Å²) < 4.78 is 5.36. The highest BCUT2D eigenvalue weighted by atomic mass is 32.2. The van der Waals surface area contributed by atoms with Crippen LogP contribution in [0.4, 0.5) is 5.69 Å². The predicted molar refractivity (Wildman–Crippen MR) is 78.1 cm³/mol. The third kappa shape index (κ3) is 2.99. The first-order chi connectivity index (χ1) is 8.70. The van der Waals surface area contributed by atoms with Gasteiger partial charge in [0.15, 0.2) is 0 Å². The van der Waals surface area contributed by atoms with E-state index in [9.17, 15) is 0 Å². The van der Waals surface area contributed by atoms with E-state index in [0.717, 1.165) is 16.3 Å². The van der Waals surface area contributed by atoms with Gasteiger partial charge in [-0.15, -0.1) is 11.8 Å². The highest BCUT2D eigenvalue weighted by Crippen LogP contribution is 2.39. The van der Waals surface area contributed by atoms with Crippen molar-refractivity contribution in [3.8, 4) is 5.75 Å². The molecule has 0 aromatic heterocycles. The minimum Gasteiger partial charge on any atom is -0.496 e. The minimum absolute atomic E-state index is 0.363. The average Bonchev–Trinajstić information content (AvgIpc) is 2.40. The second-order valence-corrected chi connectivity index (χ2v) is 5.46. The summed E-state index contributed by atoms with van der Waals surface area (Å²) in [6, 6.07) is 16.1. The average molecular weight is 259 g/mol. The molecule has 1 atom stereocenters. The molecule has 0 amide bonds. The molecule has 2 aromatic carbocycles. The molecule has 0 saturated heterocycles. The van der Waals surface area contributed by atoms with Crippen LogP contribution < -0.4 is 10.5 Å². The van der Waals surface area contributed by atoms with Gasteiger partial charge in [-0.2, -0.15) is 0 Å². The van der Waals surface area contributed by atoms with Gasteiger partial charge in [0, 0.05) is 15.8 Å². The molecule has 0 saturated carbocycles. The molecule has 2 nitrogen and oxygen atoms in total. The summed E-state index contributed by atoms with van der Waals surface area (Å²) >= 11 is 1.79. The molecule has 0 bridgehead atoms. The summed E-state index contributed by atoms with van der Waals surface area (Å²) in [6.07, 6.45) is 0. The van der Waals surface area contributed by atoms with E-state index in [4.69, 9.17) is 10.5 Å². The maximum atomic E-state index is 5.70. The van der Waals surface area contributed by atoms with E-state index in [-0.39, 0.29) is 0 Å². The van der Waals surface area contributed by atoms with E-state index in [1.165, 1.54) is 5.56 Å². The largest absolute Gasteiger partial charge is 0.496 e. The number of nitrogens with two attached hydrogens (primary N) is 1.